The fourth-order valence-corrected chi connectivity index (χ4v) is 2.61. The zero-order chi connectivity index (χ0) is 10.6. The van der Waals surface area contributed by atoms with Gasteiger partial charge in [-0.3, -0.25) is 4.79 Å². The van der Waals surface area contributed by atoms with E-state index in [0.29, 0.717) is 12.4 Å². The minimum absolute atomic E-state index is 0.146. The van der Waals surface area contributed by atoms with Crippen LogP contribution in [0.2, 0.25) is 0 Å². The Kier molecular flexibility index (Phi) is 1.82. The van der Waals surface area contributed by atoms with E-state index < -0.39 is 0 Å². The second kappa shape index (κ2) is 2.62. The molecule has 14 heavy (non-hydrogen) atoms. The van der Waals surface area contributed by atoms with Crippen molar-refractivity contribution in [1.82, 2.24) is 0 Å². The van der Waals surface area contributed by atoms with Gasteiger partial charge in [-0.15, -0.1) is 0 Å². The molecule has 0 aromatic carbocycles. The summed E-state index contributed by atoms with van der Waals surface area (Å²) in [7, 11) is 0. The Balaban J connectivity index is 2.16. The highest BCUT2D eigenvalue weighted by molar-refractivity contribution is 6.00. The summed E-state index contributed by atoms with van der Waals surface area (Å²) in [5, 5.41) is 0. The van der Waals surface area contributed by atoms with E-state index in [2.05, 4.69) is 27.7 Å². The first-order chi connectivity index (χ1) is 6.39. The van der Waals surface area contributed by atoms with Gasteiger partial charge >= 0.3 is 0 Å². The minimum atomic E-state index is 0.146. The molecule has 0 bridgehead atoms. The van der Waals surface area contributed by atoms with Crippen LogP contribution in [0.1, 0.15) is 34.1 Å². The Bertz CT molecular complexity index is 296. The molecule has 2 heteroatoms. The van der Waals surface area contributed by atoms with Crippen LogP contribution in [0.4, 0.5) is 0 Å². The smallest absolute Gasteiger partial charge is 0.166 e. The van der Waals surface area contributed by atoms with Crippen LogP contribution in [-0.2, 0) is 9.53 Å². The van der Waals surface area contributed by atoms with Gasteiger partial charge in [0.1, 0.15) is 0 Å². The van der Waals surface area contributed by atoms with Crippen LogP contribution in [0, 0.1) is 16.7 Å². The van der Waals surface area contributed by atoms with E-state index in [0.717, 1.165) is 12.0 Å². The lowest BCUT2D eigenvalue weighted by atomic mass is 10.0. The molecule has 1 heterocycles. The molecular formula is C12H18O2. The summed E-state index contributed by atoms with van der Waals surface area (Å²) in [6.07, 6.45) is 2.44. The Morgan fingerprint density at radius 2 is 1.93 bits per heavy atom. The van der Waals surface area contributed by atoms with Gasteiger partial charge in [0, 0.05) is 17.9 Å². The summed E-state index contributed by atoms with van der Waals surface area (Å²) in [4.78, 5) is 12.1. The summed E-state index contributed by atoms with van der Waals surface area (Å²) in [5.74, 6) is 0.487. The van der Waals surface area contributed by atoms with Crippen molar-refractivity contribution in [3.8, 4) is 0 Å². The molecule has 1 aliphatic heterocycles. The second-order valence-corrected chi connectivity index (χ2v) is 5.50. The highest BCUT2D eigenvalue weighted by atomic mass is 16.5. The summed E-state index contributed by atoms with van der Waals surface area (Å²) in [6, 6.07) is 0. The quantitative estimate of drug-likeness (QED) is 0.675. The molecule has 0 radical (unpaired) electrons. The third-order valence-electron chi connectivity index (χ3n) is 4.31. The zero-order valence-corrected chi connectivity index (χ0v) is 9.39. The molecule has 0 atom stereocenters. The molecule has 0 aromatic rings. The van der Waals surface area contributed by atoms with Gasteiger partial charge in [-0.05, 0) is 10.8 Å². The van der Waals surface area contributed by atoms with Crippen molar-refractivity contribution in [2.75, 3.05) is 6.61 Å². The maximum Gasteiger partial charge on any atom is 0.166 e. The van der Waals surface area contributed by atoms with Crippen molar-refractivity contribution in [3.63, 3.8) is 0 Å². The lowest BCUT2D eigenvalue weighted by Crippen LogP contribution is -2.09. The number of ether oxygens (including phenoxy) is 1. The normalized spacial score (nSPS) is 28.1. The van der Waals surface area contributed by atoms with E-state index in [1.54, 1.807) is 6.26 Å². The number of ketones is 1. The average Bonchev–Trinajstić information content (AvgIpc) is 2.53. The van der Waals surface area contributed by atoms with Crippen LogP contribution in [0.3, 0.4) is 0 Å². The molecule has 1 fully saturated rings. The fourth-order valence-electron chi connectivity index (χ4n) is 2.61. The standard InChI is InChI=1S/C12H18O2/c1-11(2)10(12(11,3)4)9(13)8-5-6-14-7-8/h7,10H,5-6H2,1-4H3. The lowest BCUT2D eigenvalue weighted by molar-refractivity contribution is -0.117. The Hall–Kier alpha value is -0.790. The molecule has 0 N–H and O–H groups in total. The van der Waals surface area contributed by atoms with Crippen LogP contribution in [-0.4, -0.2) is 12.4 Å². The summed E-state index contributed by atoms with van der Waals surface area (Å²) in [5.41, 5.74) is 1.18. The van der Waals surface area contributed by atoms with Gasteiger partial charge in [-0.1, -0.05) is 27.7 Å². The average molecular weight is 194 g/mol. The molecule has 0 amide bonds. The van der Waals surface area contributed by atoms with Gasteiger partial charge < -0.3 is 4.74 Å². The van der Waals surface area contributed by atoms with Gasteiger partial charge in [-0.25, -0.2) is 0 Å². The van der Waals surface area contributed by atoms with Crippen LogP contribution >= 0.6 is 0 Å². The third-order valence-corrected chi connectivity index (χ3v) is 4.31. The number of hydrogen-bond donors (Lipinski definition) is 0. The van der Waals surface area contributed by atoms with E-state index in [1.165, 1.54) is 0 Å². The topological polar surface area (TPSA) is 26.3 Å². The minimum Gasteiger partial charge on any atom is -0.500 e. The molecule has 78 valence electrons. The predicted octanol–water partition coefficient (Wildman–Crippen LogP) is 2.54. The van der Waals surface area contributed by atoms with Crippen molar-refractivity contribution >= 4 is 5.78 Å². The predicted molar refractivity (Wildman–Crippen MR) is 54.7 cm³/mol. The summed E-state index contributed by atoms with van der Waals surface area (Å²) in [6.45, 7) is 9.37. The van der Waals surface area contributed by atoms with Gasteiger partial charge in [0.25, 0.3) is 0 Å². The molecule has 1 aliphatic carbocycles. The third kappa shape index (κ3) is 1.06. The maximum absolute atomic E-state index is 12.1. The monoisotopic (exact) mass is 194 g/mol. The Morgan fingerprint density at radius 1 is 1.36 bits per heavy atom. The first kappa shape index (κ1) is 9.75. The van der Waals surface area contributed by atoms with Gasteiger partial charge in [-0.2, -0.15) is 0 Å². The van der Waals surface area contributed by atoms with Crippen molar-refractivity contribution < 1.29 is 9.53 Å². The van der Waals surface area contributed by atoms with Gasteiger partial charge in [0.2, 0.25) is 0 Å². The van der Waals surface area contributed by atoms with Crippen molar-refractivity contribution in [3.05, 3.63) is 11.8 Å². The Morgan fingerprint density at radius 3 is 2.29 bits per heavy atom. The summed E-state index contributed by atoms with van der Waals surface area (Å²) >= 11 is 0. The number of Topliss-reactive ketones (excluding diaryl/α,β-unsaturated/α-hetero) is 1. The van der Waals surface area contributed by atoms with E-state index in [1.807, 2.05) is 0 Å². The van der Waals surface area contributed by atoms with E-state index in [4.69, 9.17) is 4.74 Å². The molecule has 2 aliphatic rings. The highest BCUT2D eigenvalue weighted by Gasteiger charge is 2.68. The van der Waals surface area contributed by atoms with E-state index in [-0.39, 0.29) is 16.7 Å². The highest BCUT2D eigenvalue weighted by Crippen LogP contribution is 2.69. The molecular weight excluding hydrogens is 176 g/mol. The molecule has 0 saturated heterocycles. The maximum atomic E-state index is 12.1. The van der Waals surface area contributed by atoms with E-state index >= 15 is 0 Å². The van der Waals surface area contributed by atoms with Crippen molar-refractivity contribution in [1.29, 1.82) is 0 Å². The summed E-state index contributed by atoms with van der Waals surface area (Å²) < 4.78 is 5.11. The SMILES string of the molecule is CC1(C)C(C(=O)C2=COCC2)C1(C)C. The van der Waals surface area contributed by atoms with Gasteiger partial charge in [0.05, 0.1) is 12.9 Å². The van der Waals surface area contributed by atoms with Crippen LogP contribution in [0.15, 0.2) is 11.8 Å². The molecule has 0 unspecified atom stereocenters. The molecule has 2 rings (SSSR count). The number of carbonyl (C=O) groups is 1. The lowest BCUT2D eigenvalue weighted by Gasteiger charge is -2.03. The van der Waals surface area contributed by atoms with Crippen molar-refractivity contribution in [2.24, 2.45) is 16.7 Å². The number of hydrogen-bond acceptors (Lipinski definition) is 2. The number of rotatable bonds is 2. The first-order valence-corrected chi connectivity index (χ1v) is 5.24. The molecule has 0 spiro atoms. The van der Waals surface area contributed by atoms with Crippen LogP contribution in [0.5, 0.6) is 0 Å². The fraction of sp³-hybridized carbons (Fsp3) is 0.750. The van der Waals surface area contributed by atoms with Crippen LogP contribution < -0.4 is 0 Å². The molecule has 2 nitrogen and oxygen atoms in total. The van der Waals surface area contributed by atoms with Gasteiger partial charge in [0.15, 0.2) is 5.78 Å². The number of carbonyl (C=O) groups excluding carboxylic acids is 1. The largest absolute Gasteiger partial charge is 0.500 e. The van der Waals surface area contributed by atoms with Crippen LogP contribution in [0.25, 0.3) is 0 Å². The zero-order valence-electron chi connectivity index (χ0n) is 9.39. The Labute approximate surface area is 85.3 Å². The molecule has 0 aromatic heterocycles. The first-order valence-electron chi connectivity index (χ1n) is 5.24. The van der Waals surface area contributed by atoms with E-state index in [9.17, 15) is 4.79 Å². The molecule has 1 saturated carbocycles. The second-order valence-electron chi connectivity index (χ2n) is 5.50. The van der Waals surface area contributed by atoms with Crippen molar-refractivity contribution in [2.45, 2.75) is 34.1 Å².